The van der Waals surface area contributed by atoms with Crippen molar-refractivity contribution >= 4 is 22.7 Å². The molecule has 0 fully saturated rings. The molecule has 3 aromatic rings. The van der Waals surface area contributed by atoms with Crippen molar-refractivity contribution in [2.75, 3.05) is 12.4 Å². The third-order valence-corrected chi connectivity index (χ3v) is 6.14. The molecule has 3 rings (SSSR count). The Bertz CT molecular complexity index is 1030. The number of rotatable bonds is 8. The Labute approximate surface area is 175 Å². The van der Waals surface area contributed by atoms with Crippen LogP contribution in [0.1, 0.15) is 37.4 Å². The molecule has 0 bridgehead atoms. The van der Waals surface area contributed by atoms with Gasteiger partial charge in [-0.05, 0) is 50.5 Å². The minimum Gasteiger partial charge on any atom is -0.490 e. The number of aliphatic hydroxyl groups excluding tert-OH is 1. The molecule has 0 aliphatic rings. The Balaban J connectivity index is 1.76. The highest BCUT2D eigenvalue weighted by atomic mass is 32.2. The minimum absolute atomic E-state index is 0.0325. The van der Waals surface area contributed by atoms with Gasteiger partial charge in [0.2, 0.25) is 0 Å². The SMILES string of the molecule is CC[C@@H](C)n1c(SC[C@H](O)COc2c(C)cccc2C)nc2ccccc2c1=O. The summed E-state index contributed by atoms with van der Waals surface area (Å²) in [7, 11) is 0. The number of ether oxygens (including phenoxy) is 1. The molecule has 2 aromatic carbocycles. The molecule has 5 nitrogen and oxygen atoms in total. The number of aromatic nitrogens is 2. The van der Waals surface area contributed by atoms with Crippen LogP contribution in [-0.2, 0) is 0 Å². The molecule has 6 heteroatoms. The van der Waals surface area contributed by atoms with Crippen LogP contribution < -0.4 is 10.3 Å². The second kappa shape index (κ2) is 9.46. The van der Waals surface area contributed by atoms with Crippen molar-refractivity contribution in [2.45, 2.75) is 51.4 Å². The van der Waals surface area contributed by atoms with Crippen molar-refractivity contribution in [2.24, 2.45) is 0 Å². The average Bonchev–Trinajstić information content (AvgIpc) is 2.71. The standard InChI is InChI=1S/C23H28N2O3S/c1-5-17(4)25-22(27)19-11-6-7-12-20(19)24-23(25)29-14-18(26)13-28-21-15(2)9-8-10-16(21)3/h6-12,17-18,26H,5,13-14H2,1-4H3/t17-,18-/m1/s1. The number of hydrogen-bond donors (Lipinski definition) is 1. The van der Waals surface area contributed by atoms with E-state index in [2.05, 4.69) is 0 Å². The number of thioether (sulfide) groups is 1. The van der Waals surface area contributed by atoms with E-state index >= 15 is 0 Å². The molecule has 0 spiro atoms. The Morgan fingerprint density at radius 2 is 1.83 bits per heavy atom. The fraction of sp³-hybridized carbons (Fsp3) is 0.391. The van der Waals surface area contributed by atoms with Crippen molar-refractivity contribution in [1.29, 1.82) is 0 Å². The van der Waals surface area contributed by atoms with Crippen LogP contribution in [0.5, 0.6) is 5.75 Å². The van der Waals surface area contributed by atoms with E-state index in [1.165, 1.54) is 11.8 Å². The lowest BCUT2D eigenvalue weighted by Crippen LogP contribution is -2.27. The predicted molar refractivity (Wildman–Crippen MR) is 119 cm³/mol. The summed E-state index contributed by atoms with van der Waals surface area (Å²) in [6.45, 7) is 8.25. The van der Waals surface area contributed by atoms with Crippen LogP contribution in [0.2, 0.25) is 0 Å². The lowest BCUT2D eigenvalue weighted by atomic mass is 10.1. The minimum atomic E-state index is -0.673. The molecule has 0 radical (unpaired) electrons. The van der Waals surface area contributed by atoms with Crippen molar-refractivity contribution in [1.82, 2.24) is 9.55 Å². The lowest BCUT2D eigenvalue weighted by molar-refractivity contribution is 0.125. The summed E-state index contributed by atoms with van der Waals surface area (Å²) in [6, 6.07) is 13.4. The van der Waals surface area contributed by atoms with Crippen LogP contribution in [0.15, 0.2) is 52.4 Å². The Hall–Kier alpha value is -2.31. The number of aryl methyl sites for hydroxylation is 2. The molecule has 0 aliphatic heterocycles. The Morgan fingerprint density at radius 1 is 1.14 bits per heavy atom. The highest BCUT2D eigenvalue weighted by Crippen LogP contribution is 2.25. The van der Waals surface area contributed by atoms with E-state index in [1.54, 1.807) is 4.57 Å². The van der Waals surface area contributed by atoms with Gasteiger partial charge in [0, 0.05) is 11.8 Å². The van der Waals surface area contributed by atoms with Gasteiger partial charge >= 0.3 is 0 Å². The van der Waals surface area contributed by atoms with Gasteiger partial charge in [-0.25, -0.2) is 4.98 Å². The van der Waals surface area contributed by atoms with Crippen molar-refractivity contribution in [3.8, 4) is 5.75 Å². The zero-order chi connectivity index (χ0) is 21.0. The quantitative estimate of drug-likeness (QED) is 0.435. The molecule has 0 aliphatic carbocycles. The van der Waals surface area contributed by atoms with Crippen LogP contribution in [0.25, 0.3) is 10.9 Å². The third kappa shape index (κ3) is 4.82. The van der Waals surface area contributed by atoms with Crippen LogP contribution in [0.4, 0.5) is 0 Å². The maximum absolute atomic E-state index is 13.0. The molecule has 0 saturated carbocycles. The Morgan fingerprint density at radius 3 is 2.52 bits per heavy atom. The van der Waals surface area contributed by atoms with Gasteiger partial charge in [-0.1, -0.05) is 49.0 Å². The molecule has 1 N–H and O–H groups in total. The van der Waals surface area contributed by atoms with E-state index in [0.29, 0.717) is 21.8 Å². The molecule has 1 heterocycles. The molecule has 29 heavy (non-hydrogen) atoms. The van der Waals surface area contributed by atoms with Crippen LogP contribution in [0, 0.1) is 13.8 Å². The highest BCUT2D eigenvalue weighted by molar-refractivity contribution is 7.99. The molecular weight excluding hydrogens is 384 g/mol. The van der Waals surface area contributed by atoms with Gasteiger partial charge in [0.05, 0.1) is 17.0 Å². The fourth-order valence-electron chi connectivity index (χ4n) is 3.22. The number of benzene rings is 2. The van der Waals surface area contributed by atoms with E-state index in [1.807, 2.05) is 70.2 Å². The molecule has 0 saturated heterocycles. The molecule has 2 atom stereocenters. The second-order valence-corrected chi connectivity index (χ2v) is 8.33. The first-order valence-electron chi connectivity index (χ1n) is 9.93. The van der Waals surface area contributed by atoms with Crippen LogP contribution in [0.3, 0.4) is 0 Å². The van der Waals surface area contributed by atoms with Gasteiger partial charge < -0.3 is 9.84 Å². The van der Waals surface area contributed by atoms with Gasteiger partial charge in [0.15, 0.2) is 5.16 Å². The zero-order valence-electron chi connectivity index (χ0n) is 17.4. The maximum atomic E-state index is 13.0. The van der Waals surface area contributed by atoms with E-state index in [0.717, 1.165) is 23.3 Å². The summed E-state index contributed by atoms with van der Waals surface area (Å²) < 4.78 is 7.60. The monoisotopic (exact) mass is 412 g/mol. The largest absolute Gasteiger partial charge is 0.490 e. The van der Waals surface area contributed by atoms with Crippen molar-refractivity contribution in [3.63, 3.8) is 0 Å². The number of nitrogens with zero attached hydrogens (tertiary/aromatic N) is 2. The van der Waals surface area contributed by atoms with Gasteiger partial charge in [0.25, 0.3) is 5.56 Å². The highest BCUT2D eigenvalue weighted by Gasteiger charge is 2.17. The summed E-state index contributed by atoms with van der Waals surface area (Å²) in [5.41, 5.74) is 2.74. The number of aliphatic hydroxyl groups is 1. The predicted octanol–water partition coefficient (Wildman–Crippen LogP) is 4.52. The summed E-state index contributed by atoms with van der Waals surface area (Å²) in [4.78, 5) is 17.7. The molecule has 0 unspecified atom stereocenters. The first-order valence-corrected chi connectivity index (χ1v) is 10.9. The third-order valence-electron chi connectivity index (χ3n) is 5.04. The number of fused-ring (bicyclic) bond motifs is 1. The molecule has 0 amide bonds. The lowest BCUT2D eigenvalue weighted by Gasteiger charge is -2.19. The second-order valence-electron chi connectivity index (χ2n) is 7.34. The van der Waals surface area contributed by atoms with Gasteiger partial charge in [-0.15, -0.1) is 0 Å². The first-order chi connectivity index (χ1) is 13.9. The van der Waals surface area contributed by atoms with Crippen LogP contribution in [-0.4, -0.2) is 33.1 Å². The van der Waals surface area contributed by atoms with E-state index in [4.69, 9.17) is 9.72 Å². The van der Waals surface area contributed by atoms with Crippen LogP contribution >= 0.6 is 11.8 Å². The normalized spacial score (nSPS) is 13.4. The molecular formula is C23H28N2O3S. The topological polar surface area (TPSA) is 64.3 Å². The van der Waals surface area contributed by atoms with E-state index < -0.39 is 6.10 Å². The van der Waals surface area contributed by atoms with Crippen molar-refractivity contribution in [3.05, 3.63) is 63.9 Å². The summed E-state index contributed by atoms with van der Waals surface area (Å²) in [6.07, 6.45) is 0.152. The van der Waals surface area contributed by atoms with E-state index in [-0.39, 0.29) is 18.2 Å². The summed E-state index contributed by atoms with van der Waals surface area (Å²) >= 11 is 1.39. The van der Waals surface area contributed by atoms with Gasteiger partial charge in [-0.2, -0.15) is 0 Å². The number of hydrogen-bond acceptors (Lipinski definition) is 5. The Kier molecular flexibility index (Phi) is 6.98. The average molecular weight is 413 g/mol. The molecule has 1 aromatic heterocycles. The fourth-order valence-corrected chi connectivity index (χ4v) is 4.23. The van der Waals surface area contributed by atoms with Gasteiger partial charge in [-0.3, -0.25) is 9.36 Å². The van der Waals surface area contributed by atoms with Crippen molar-refractivity contribution < 1.29 is 9.84 Å². The molecule has 154 valence electrons. The van der Waals surface area contributed by atoms with Gasteiger partial charge in [0.1, 0.15) is 12.4 Å². The number of para-hydroxylation sites is 2. The maximum Gasteiger partial charge on any atom is 0.262 e. The van der Waals surface area contributed by atoms with E-state index in [9.17, 15) is 9.90 Å². The summed E-state index contributed by atoms with van der Waals surface area (Å²) in [5.74, 6) is 1.21. The first kappa shape index (κ1) is 21.4. The zero-order valence-corrected chi connectivity index (χ0v) is 18.2. The smallest absolute Gasteiger partial charge is 0.262 e. The summed E-state index contributed by atoms with van der Waals surface area (Å²) in [5, 5.41) is 11.7.